The maximum Gasteiger partial charge on any atom is 0.241 e. The molecule has 0 aliphatic rings. The molecule has 112 valence electrons. The van der Waals surface area contributed by atoms with Gasteiger partial charge < -0.3 is 5.11 Å². The highest BCUT2D eigenvalue weighted by Gasteiger charge is 2.17. The quantitative estimate of drug-likeness (QED) is 0.856. The average Bonchev–Trinajstić information content (AvgIpc) is 2.48. The molecule has 0 unspecified atom stereocenters. The van der Waals surface area contributed by atoms with Crippen LogP contribution in [-0.2, 0) is 10.0 Å². The molecule has 0 saturated heterocycles. The summed E-state index contributed by atoms with van der Waals surface area (Å²) in [6.45, 7) is 2.33. The lowest BCUT2D eigenvalue weighted by molar-refractivity contribution is 0.475. The molecule has 2 aromatic rings. The maximum absolute atomic E-state index is 12.3. The van der Waals surface area contributed by atoms with Crippen LogP contribution < -0.4 is 4.72 Å². The Hall–Kier alpha value is -1.50. The number of sulfonamides is 1. The molecular formula is C15H17NO3S2. The number of hydrogen-bond acceptors (Lipinski definition) is 4. The molecule has 0 aliphatic carbocycles. The summed E-state index contributed by atoms with van der Waals surface area (Å²) in [6, 6.07) is 13.6. The molecule has 0 fully saturated rings. The zero-order chi connectivity index (χ0) is 15.3. The number of rotatable bonds is 6. The van der Waals surface area contributed by atoms with E-state index in [1.54, 1.807) is 42.5 Å². The van der Waals surface area contributed by atoms with E-state index in [0.717, 1.165) is 11.3 Å². The summed E-state index contributed by atoms with van der Waals surface area (Å²) in [5.74, 6) is 0.185. The van der Waals surface area contributed by atoms with Gasteiger partial charge in [0.1, 0.15) is 5.75 Å². The zero-order valence-corrected chi connectivity index (χ0v) is 13.2. The van der Waals surface area contributed by atoms with Crippen LogP contribution in [0.4, 0.5) is 0 Å². The fourth-order valence-corrected chi connectivity index (χ4v) is 4.23. The van der Waals surface area contributed by atoms with Gasteiger partial charge in [-0.1, -0.05) is 30.8 Å². The second kappa shape index (κ2) is 6.98. The summed E-state index contributed by atoms with van der Waals surface area (Å²) < 4.78 is 27.2. The molecule has 0 aromatic heterocycles. The monoisotopic (exact) mass is 323 g/mol. The molecule has 0 amide bonds. The van der Waals surface area contributed by atoms with Gasteiger partial charge in [0.15, 0.2) is 0 Å². The normalized spacial score (nSPS) is 11.5. The third-order valence-corrected chi connectivity index (χ3v) is 5.48. The number of benzene rings is 2. The van der Waals surface area contributed by atoms with Gasteiger partial charge in [-0.3, -0.25) is 0 Å². The van der Waals surface area contributed by atoms with Gasteiger partial charge in [0.2, 0.25) is 10.0 Å². The van der Waals surface area contributed by atoms with Crippen molar-refractivity contribution in [2.75, 3.05) is 6.54 Å². The maximum atomic E-state index is 12.3. The Morgan fingerprint density at radius 3 is 2.43 bits per heavy atom. The lowest BCUT2D eigenvalue weighted by atomic mass is 10.3. The molecular weight excluding hydrogens is 306 g/mol. The molecule has 0 radical (unpaired) electrons. The molecule has 0 heterocycles. The molecule has 0 saturated carbocycles. The largest absolute Gasteiger partial charge is 0.508 e. The molecule has 21 heavy (non-hydrogen) atoms. The van der Waals surface area contributed by atoms with E-state index in [9.17, 15) is 13.5 Å². The van der Waals surface area contributed by atoms with Gasteiger partial charge in [0, 0.05) is 16.3 Å². The Labute approximate surface area is 129 Å². The predicted octanol–water partition coefficient (Wildman–Crippen LogP) is 3.23. The second-order valence-electron chi connectivity index (χ2n) is 4.44. The number of phenols is 1. The van der Waals surface area contributed by atoms with Crippen LogP contribution in [0.3, 0.4) is 0 Å². The van der Waals surface area contributed by atoms with Crippen molar-refractivity contribution in [3.05, 3.63) is 48.5 Å². The topological polar surface area (TPSA) is 66.4 Å². The second-order valence-corrected chi connectivity index (χ2v) is 7.29. The summed E-state index contributed by atoms with van der Waals surface area (Å²) in [7, 11) is -3.50. The van der Waals surface area contributed by atoms with E-state index >= 15 is 0 Å². The van der Waals surface area contributed by atoms with Gasteiger partial charge in [-0.05, 0) is 42.8 Å². The highest BCUT2D eigenvalue weighted by Crippen LogP contribution is 2.33. The lowest BCUT2D eigenvalue weighted by Gasteiger charge is -2.10. The zero-order valence-electron chi connectivity index (χ0n) is 11.6. The van der Waals surface area contributed by atoms with Crippen molar-refractivity contribution in [1.29, 1.82) is 0 Å². The Kier molecular flexibility index (Phi) is 5.27. The molecule has 0 atom stereocenters. The molecule has 2 rings (SSSR count). The predicted molar refractivity (Wildman–Crippen MR) is 84.2 cm³/mol. The van der Waals surface area contributed by atoms with Crippen LogP contribution in [-0.4, -0.2) is 20.1 Å². The fraction of sp³-hybridized carbons (Fsp3) is 0.200. The minimum absolute atomic E-state index is 0.185. The Morgan fingerprint density at radius 1 is 1.10 bits per heavy atom. The molecule has 0 aliphatic heterocycles. The smallest absolute Gasteiger partial charge is 0.241 e. The van der Waals surface area contributed by atoms with E-state index in [0.29, 0.717) is 11.4 Å². The van der Waals surface area contributed by atoms with E-state index in [1.807, 2.05) is 13.0 Å². The number of hydrogen-bond donors (Lipinski definition) is 2. The van der Waals surface area contributed by atoms with Gasteiger partial charge >= 0.3 is 0 Å². The van der Waals surface area contributed by atoms with Crippen molar-refractivity contribution < 1.29 is 13.5 Å². The lowest BCUT2D eigenvalue weighted by Crippen LogP contribution is -2.24. The van der Waals surface area contributed by atoms with Gasteiger partial charge in [-0.25, -0.2) is 13.1 Å². The number of aromatic hydroxyl groups is 1. The van der Waals surface area contributed by atoms with Gasteiger partial charge in [0.05, 0.1) is 4.90 Å². The van der Waals surface area contributed by atoms with Crippen LogP contribution >= 0.6 is 11.8 Å². The average molecular weight is 323 g/mol. The van der Waals surface area contributed by atoms with Crippen LogP contribution in [0.25, 0.3) is 0 Å². The number of nitrogens with one attached hydrogen (secondary N) is 1. The third kappa shape index (κ3) is 4.23. The first kappa shape index (κ1) is 15.9. The summed E-state index contributed by atoms with van der Waals surface area (Å²) in [6.07, 6.45) is 0.743. The van der Waals surface area contributed by atoms with Crippen molar-refractivity contribution in [2.24, 2.45) is 0 Å². The summed E-state index contributed by atoms with van der Waals surface area (Å²) >= 11 is 1.35. The minimum atomic E-state index is -3.50. The summed E-state index contributed by atoms with van der Waals surface area (Å²) in [5, 5.41) is 9.29. The Bertz CT molecular complexity index is 697. The molecule has 0 bridgehead atoms. The standard InChI is InChI=1S/C15H17NO3S2/c1-2-11-16-21(18,19)15-6-4-3-5-14(15)20-13-9-7-12(17)8-10-13/h3-10,16-17H,2,11H2,1H3. The van der Waals surface area contributed by atoms with Crippen molar-refractivity contribution in [1.82, 2.24) is 4.72 Å². The molecule has 6 heteroatoms. The summed E-state index contributed by atoms with van der Waals surface area (Å²) in [4.78, 5) is 1.80. The molecule has 0 spiro atoms. The van der Waals surface area contributed by atoms with E-state index in [2.05, 4.69) is 4.72 Å². The van der Waals surface area contributed by atoms with Gasteiger partial charge in [0.25, 0.3) is 0 Å². The van der Waals surface area contributed by atoms with Crippen molar-refractivity contribution in [3.8, 4) is 5.75 Å². The number of phenolic OH excluding ortho intramolecular Hbond substituents is 1. The Morgan fingerprint density at radius 2 is 1.76 bits per heavy atom. The Balaban J connectivity index is 2.30. The van der Waals surface area contributed by atoms with Crippen molar-refractivity contribution in [3.63, 3.8) is 0 Å². The fourth-order valence-electron chi connectivity index (χ4n) is 1.71. The van der Waals surface area contributed by atoms with Gasteiger partial charge in [-0.15, -0.1) is 0 Å². The van der Waals surface area contributed by atoms with E-state index in [4.69, 9.17) is 0 Å². The van der Waals surface area contributed by atoms with Crippen molar-refractivity contribution in [2.45, 2.75) is 28.0 Å². The first-order chi connectivity index (χ1) is 10.0. The molecule has 2 aromatic carbocycles. The van der Waals surface area contributed by atoms with E-state index < -0.39 is 10.0 Å². The highest BCUT2D eigenvalue weighted by atomic mass is 32.2. The third-order valence-electron chi connectivity index (χ3n) is 2.75. The molecule has 4 nitrogen and oxygen atoms in total. The van der Waals surface area contributed by atoms with Crippen LogP contribution in [0, 0.1) is 0 Å². The first-order valence-electron chi connectivity index (χ1n) is 6.58. The minimum Gasteiger partial charge on any atom is -0.508 e. The SMILES string of the molecule is CCCNS(=O)(=O)c1ccccc1Sc1ccc(O)cc1. The van der Waals surface area contributed by atoms with Crippen LogP contribution in [0.5, 0.6) is 5.75 Å². The van der Waals surface area contributed by atoms with Gasteiger partial charge in [-0.2, -0.15) is 0 Å². The van der Waals surface area contributed by atoms with Crippen LogP contribution in [0.15, 0.2) is 63.2 Å². The first-order valence-corrected chi connectivity index (χ1v) is 8.88. The van der Waals surface area contributed by atoms with Crippen molar-refractivity contribution >= 4 is 21.8 Å². The highest BCUT2D eigenvalue weighted by molar-refractivity contribution is 8.00. The van der Waals surface area contributed by atoms with E-state index in [1.165, 1.54) is 11.8 Å². The van der Waals surface area contributed by atoms with Crippen LogP contribution in [0.2, 0.25) is 0 Å². The molecule has 2 N–H and O–H groups in total. The summed E-state index contributed by atoms with van der Waals surface area (Å²) in [5.41, 5.74) is 0. The van der Waals surface area contributed by atoms with Crippen LogP contribution in [0.1, 0.15) is 13.3 Å². The van der Waals surface area contributed by atoms with E-state index in [-0.39, 0.29) is 10.6 Å².